The molecule has 1 aromatic carbocycles. The van der Waals surface area contributed by atoms with Crippen LogP contribution in [0, 0.1) is 12.8 Å². The molecular formula is C17H21BrN4O. The molecule has 0 saturated heterocycles. The van der Waals surface area contributed by atoms with Gasteiger partial charge in [0.2, 0.25) is 0 Å². The molecule has 0 aliphatic heterocycles. The molecule has 5 nitrogen and oxygen atoms in total. The molecule has 0 fully saturated rings. The minimum atomic E-state index is -0.192. The van der Waals surface area contributed by atoms with E-state index in [2.05, 4.69) is 50.4 Å². The third kappa shape index (κ3) is 5.32. The lowest BCUT2D eigenvalue weighted by molar-refractivity contribution is 0.0946. The number of rotatable bonds is 6. The van der Waals surface area contributed by atoms with Crippen LogP contribution in [0.25, 0.3) is 0 Å². The molecule has 0 spiro atoms. The number of nitrogens with one attached hydrogen (secondary N) is 2. The van der Waals surface area contributed by atoms with Crippen LogP contribution in [0.1, 0.15) is 36.3 Å². The molecule has 2 N–H and O–H groups in total. The molecular weight excluding hydrogens is 356 g/mol. The van der Waals surface area contributed by atoms with E-state index in [4.69, 9.17) is 0 Å². The maximum atomic E-state index is 11.9. The molecule has 23 heavy (non-hydrogen) atoms. The number of aryl methyl sites for hydroxylation is 1. The highest BCUT2D eigenvalue weighted by Gasteiger charge is 2.08. The lowest BCUT2D eigenvalue weighted by Gasteiger charge is -2.08. The number of hydrogen-bond donors (Lipinski definition) is 2. The van der Waals surface area contributed by atoms with Gasteiger partial charge in [0.1, 0.15) is 11.5 Å². The second-order valence-electron chi connectivity index (χ2n) is 5.81. The summed E-state index contributed by atoms with van der Waals surface area (Å²) in [6, 6.07) is 5.95. The van der Waals surface area contributed by atoms with Crippen LogP contribution in [-0.4, -0.2) is 22.4 Å². The zero-order chi connectivity index (χ0) is 16.8. The predicted octanol–water partition coefficient (Wildman–Crippen LogP) is 4.07. The molecule has 6 heteroatoms. The average Bonchev–Trinajstić information content (AvgIpc) is 2.51. The number of halogens is 1. The Bertz CT molecular complexity index is 671. The van der Waals surface area contributed by atoms with E-state index >= 15 is 0 Å². The van der Waals surface area contributed by atoms with Crippen LogP contribution in [0.5, 0.6) is 0 Å². The Hall–Kier alpha value is -1.95. The highest BCUT2D eigenvalue weighted by molar-refractivity contribution is 9.10. The van der Waals surface area contributed by atoms with Crippen molar-refractivity contribution in [3.8, 4) is 0 Å². The Morgan fingerprint density at radius 3 is 2.65 bits per heavy atom. The number of aromatic nitrogens is 2. The second-order valence-corrected chi connectivity index (χ2v) is 6.67. The molecule has 0 aliphatic rings. The zero-order valence-electron chi connectivity index (χ0n) is 13.6. The normalized spacial score (nSPS) is 10.7. The van der Waals surface area contributed by atoms with Gasteiger partial charge in [-0.15, -0.1) is 0 Å². The molecule has 1 amide bonds. The van der Waals surface area contributed by atoms with E-state index in [9.17, 15) is 4.79 Å². The van der Waals surface area contributed by atoms with Crippen LogP contribution in [0.3, 0.4) is 0 Å². The number of anilines is 2. The summed E-state index contributed by atoms with van der Waals surface area (Å²) in [5, 5.41) is 6.01. The summed E-state index contributed by atoms with van der Waals surface area (Å²) < 4.78 is 1.02. The van der Waals surface area contributed by atoms with Crippen LogP contribution in [0.4, 0.5) is 11.5 Å². The maximum absolute atomic E-state index is 11.9. The number of benzene rings is 1. The monoisotopic (exact) mass is 376 g/mol. The van der Waals surface area contributed by atoms with Crippen LogP contribution in [0.2, 0.25) is 0 Å². The van der Waals surface area contributed by atoms with Gasteiger partial charge in [0.05, 0.1) is 12.4 Å². The van der Waals surface area contributed by atoms with Crippen LogP contribution < -0.4 is 10.6 Å². The minimum Gasteiger partial charge on any atom is -0.351 e. The van der Waals surface area contributed by atoms with Crippen LogP contribution in [0.15, 0.2) is 35.1 Å². The van der Waals surface area contributed by atoms with Gasteiger partial charge in [-0.1, -0.05) is 35.8 Å². The number of carbonyl (C=O) groups is 1. The summed E-state index contributed by atoms with van der Waals surface area (Å²) in [6.45, 7) is 6.92. The van der Waals surface area contributed by atoms with Crippen molar-refractivity contribution in [2.24, 2.45) is 5.92 Å². The summed E-state index contributed by atoms with van der Waals surface area (Å²) in [5.41, 5.74) is 2.39. The molecule has 0 saturated carbocycles. The highest BCUT2D eigenvalue weighted by Crippen LogP contribution is 2.22. The summed E-state index contributed by atoms with van der Waals surface area (Å²) in [5.74, 6) is 0.962. The van der Waals surface area contributed by atoms with Crippen molar-refractivity contribution in [2.75, 3.05) is 11.9 Å². The van der Waals surface area contributed by atoms with Crippen molar-refractivity contribution in [1.82, 2.24) is 15.3 Å². The summed E-state index contributed by atoms with van der Waals surface area (Å²) in [6.07, 6.45) is 3.99. The fourth-order valence-electron chi connectivity index (χ4n) is 1.89. The first-order valence-corrected chi connectivity index (χ1v) is 8.38. The van der Waals surface area contributed by atoms with E-state index in [0.29, 0.717) is 24.0 Å². The van der Waals surface area contributed by atoms with Gasteiger partial charge in [0.25, 0.3) is 5.91 Å². The predicted molar refractivity (Wildman–Crippen MR) is 96.0 cm³/mol. The summed E-state index contributed by atoms with van der Waals surface area (Å²) in [4.78, 5) is 20.3. The van der Waals surface area contributed by atoms with Crippen LogP contribution in [-0.2, 0) is 0 Å². The van der Waals surface area contributed by atoms with Gasteiger partial charge in [-0.3, -0.25) is 4.79 Å². The Kier molecular flexibility index (Phi) is 6.10. The van der Waals surface area contributed by atoms with Crippen molar-refractivity contribution in [3.63, 3.8) is 0 Å². The second kappa shape index (κ2) is 8.06. The molecule has 0 radical (unpaired) electrons. The van der Waals surface area contributed by atoms with Gasteiger partial charge < -0.3 is 10.6 Å². The molecule has 2 rings (SSSR count). The van der Waals surface area contributed by atoms with Crippen molar-refractivity contribution >= 4 is 33.3 Å². The minimum absolute atomic E-state index is 0.192. The van der Waals surface area contributed by atoms with E-state index in [0.717, 1.165) is 22.1 Å². The molecule has 0 atom stereocenters. The van der Waals surface area contributed by atoms with E-state index in [1.807, 2.05) is 25.1 Å². The number of hydrogen-bond acceptors (Lipinski definition) is 4. The number of nitrogens with zero attached hydrogens (tertiary/aromatic N) is 2. The van der Waals surface area contributed by atoms with Crippen molar-refractivity contribution in [3.05, 3.63) is 46.3 Å². The molecule has 1 aromatic heterocycles. The number of amides is 1. The molecule has 0 unspecified atom stereocenters. The van der Waals surface area contributed by atoms with E-state index in [-0.39, 0.29) is 5.91 Å². The average molecular weight is 377 g/mol. The fraction of sp³-hybridized carbons (Fsp3) is 0.353. The van der Waals surface area contributed by atoms with Crippen molar-refractivity contribution in [2.45, 2.75) is 27.2 Å². The molecule has 0 bridgehead atoms. The Labute approximate surface area is 145 Å². The van der Waals surface area contributed by atoms with E-state index in [1.54, 1.807) is 6.20 Å². The van der Waals surface area contributed by atoms with Gasteiger partial charge in [-0.25, -0.2) is 9.97 Å². The first kappa shape index (κ1) is 17.4. The SMILES string of the molecule is Cc1ccc(Nc2cnc(C(=O)NCCC(C)C)cn2)cc1Br. The van der Waals surface area contributed by atoms with Gasteiger partial charge >= 0.3 is 0 Å². The van der Waals surface area contributed by atoms with E-state index < -0.39 is 0 Å². The standard InChI is InChI=1S/C17H21BrN4O/c1-11(2)6-7-19-17(23)15-9-21-16(10-20-15)22-13-5-4-12(3)14(18)8-13/h4-5,8-11H,6-7H2,1-3H3,(H,19,23)(H,21,22). The molecule has 0 aliphatic carbocycles. The first-order valence-electron chi connectivity index (χ1n) is 7.59. The maximum Gasteiger partial charge on any atom is 0.271 e. The number of carbonyl (C=O) groups excluding carboxylic acids is 1. The summed E-state index contributed by atoms with van der Waals surface area (Å²) >= 11 is 3.50. The smallest absolute Gasteiger partial charge is 0.271 e. The van der Waals surface area contributed by atoms with Gasteiger partial charge in [0.15, 0.2) is 0 Å². The lowest BCUT2D eigenvalue weighted by Crippen LogP contribution is -2.26. The van der Waals surface area contributed by atoms with Crippen molar-refractivity contribution < 1.29 is 4.79 Å². The molecule has 2 aromatic rings. The van der Waals surface area contributed by atoms with Crippen LogP contribution >= 0.6 is 15.9 Å². The zero-order valence-corrected chi connectivity index (χ0v) is 15.1. The first-order chi connectivity index (χ1) is 11.0. The molecule has 122 valence electrons. The largest absolute Gasteiger partial charge is 0.351 e. The quantitative estimate of drug-likeness (QED) is 0.797. The Morgan fingerprint density at radius 1 is 1.26 bits per heavy atom. The lowest BCUT2D eigenvalue weighted by atomic mass is 10.1. The topological polar surface area (TPSA) is 66.9 Å². The third-order valence-corrected chi connectivity index (χ3v) is 4.19. The highest BCUT2D eigenvalue weighted by atomic mass is 79.9. The van der Waals surface area contributed by atoms with Gasteiger partial charge in [0, 0.05) is 16.7 Å². The third-order valence-electron chi connectivity index (χ3n) is 3.34. The van der Waals surface area contributed by atoms with Gasteiger partial charge in [-0.2, -0.15) is 0 Å². The Morgan fingerprint density at radius 2 is 2.04 bits per heavy atom. The molecule has 1 heterocycles. The van der Waals surface area contributed by atoms with E-state index in [1.165, 1.54) is 6.20 Å². The summed E-state index contributed by atoms with van der Waals surface area (Å²) in [7, 11) is 0. The fourth-order valence-corrected chi connectivity index (χ4v) is 2.27. The Balaban J connectivity index is 1.96. The van der Waals surface area contributed by atoms with Crippen molar-refractivity contribution in [1.29, 1.82) is 0 Å². The van der Waals surface area contributed by atoms with Gasteiger partial charge in [-0.05, 0) is 37.0 Å².